The standard InChI is InChI=1S/C19H20N2OS2/c1-13-12-18(21-17-8-4-3-7-16(13)17)24-14(2)19(22)20-10-9-15-6-5-11-23-15/h3-8,11-12,14H,9-10H2,1-2H3,(H,20,22). The molecular formula is C19H20N2OS2. The number of hydrogen-bond acceptors (Lipinski definition) is 4. The number of nitrogens with zero attached hydrogens (tertiary/aromatic N) is 1. The van der Waals surface area contributed by atoms with Gasteiger partial charge in [-0.2, -0.15) is 0 Å². The van der Waals surface area contributed by atoms with Crippen LogP contribution in [0.25, 0.3) is 10.9 Å². The van der Waals surface area contributed by atoms with E-state index in [0.29, 0.717) is 6.54 Å². The molecule has 1 N–H and O–H groups in total. The fourth-order valence-electron chi connectivity index (χ4n) is 2.52. The van der Waals surface area contributed by atoms with Gasteiger partial charge in [0.25, 0.3) is 0 Å². The van der Waals surface area contributed by atoms with Gasteiger partial charge in [-0.15, -0.1) is 11.3 Å². The minimum Gasteiger partial charge on any atom is -0.355 e. The monoisotopic (exact) mass is 356 g/mol. The molecule has 0 saturated carbocycles. The van der Waals surface area contributed by atoms with E-state index in [1.165, 1.54) is 22.2 Å². The summed E-state index contributed by atoms with van der Waals surface area (Å²) in [6.45, 7) is 4.69. The van der Waals surface area contributed by atoms with Crippen LogP contribution in [0.15, 0.2) is 52.9 Å². The summed E-state index contributed by atoms with van der Waals surface area (Å²) >= 11 is 3.23. The van der Waals surface area contributed by atoms with Crippen LogP contribution >= 0.6 is 23.1 Å². The fourth-order valence-corrected chi connectivity index (χ4v) is 4.18. The molecule has 0 saturated heterocycles. The number of aromatic nitrogens is 1. The zero-order chi connectivity index (χ0) is 16.9. The molecule has 1 atom stereocenters. The van der Waals surface area contributed by atoms with E-state index >= 15 is 0 Å². The predicted molar refractivity (Wildman–Crippen MR) is 103 cm³/mol. The normalized spacial score (nSPS) is 12.2. The quantitative estimate of drug-likeness (QED) is 0.664. The van der Waals surface area contributed by atoms with Crippen molar-refractivity contribution in [2.24, 2.45) is 0 Å². The molecule has 0 aliphatic heterocycles. The van der Waals surface area contributed by atoms with Crippen LogP contribution < -0.4 is 5.32 Å². The average Bonchev–Trinajstić information content (AvgIpc) is 3.08. The third-order valence-corrected chi connectivity index (χ3v) is 5.77. The highest BCUT2D eigenvalue weighted by Crippen LogP contribution is 2.26. The van der Waals surface area contributed by atoms with E-state index in [1.807, 2.05) is 31.2 Å². The Morgan fingerprint density at radius 3 is 2.92 bits per heavy atom. The minimum atomic E-state index is -0.165. The van der Waals surface area contributed by atoms with Gasteiger partial charge in [0.15, 0.2) is 0 Å². The molecule has 1 amide bonds. The van der Waals surface area contributed by atoms with Gasteiger partial charge < -0.3 is 5.32 Å². The lowest BCUT2D eigenvalue weighted by Gasteiger charge is -2.12. The number of benzene rings is 1. The number of thioether (sulfide) groups is 1. The van der Waals surface area contributed by atoms with Crippen LogP contribution in [0.5, 0.6) is 0 Å². The number of carbonyl (C=O) groups excluding carboxylic acids is 1. The Balaban J connectivity index is 1.59. The van der Waals surface area contributed by atoms with Crippen molar-refractivity contribution in [3.63, 3.8) is 0 Å². The van der Waals surface area contributed by atoms with Crippen molar-refractivity contribution in [2.45, 2.75) is 30.5 Å². The molecular weight excluding hydrogens is 336 g/mol. The Hall–Kier alpha value is -1.85. The van der Waals surface area contributed by atoms with Crippen LogP contribution in [0.4, 0.5) is 0 Å². The van der Waals surface area contributed by atoms with Gasteiger partial charge >= 0.3 is 0 Å². The lowest BCUT2D eigenvalue weighted by atomic mass is 10.1. The zero-order valence-electron chi connectivity index (χ0n) is 13.8. The molecule has 3 rings (SSSR count). The van der Waals surface area contributed by atoms with Gasteiger partial charge in [-0.1, -0.05) is 36.0 Å². The van der Waals surface area contributed by atoms with Crippen molar-refractivity contribution >= 4 is 39.9 Å². The summed E-state index contributed by atoms with van der Waals surface area (Å²) in [6.07, 6.45) is 0.883. The maximum Gasteiger partial charge on any atom is 0.233 e. The molecule has 124 valence electrons. The largest absolute Gasteiger partial charge is 0.355 e. The molecule has 3 aromatic rings. The number of hydrogen-bond donors (Lipinski definition) is 1. The maximum atomic E-state index is 12.3. The number of thiophene rings is 1. The lowest BCUT2D eigenvalue weighted by Crippen LogP contribution is -2.32. The Labute approximate surface area is 150 Å². The Kier molecular flexibility index (Phi) is 5.53. The topological polar surface area (TPSA) is 42.0 Å². The Morgan fingerprint density at radius 2 is 2.12 bits per heavy atom. The van der Waals surface area contributed by atoms with E-state index in [1.54, 1.807) is 11.3 Å². The van der Waals surface area contributed by atoms with Crippen LogP contribution in [0, 0.1) is 6.92 Å². The van der Waals surface area contributed by atoms with Gasteiger partial charge in [0, 0.05) is 16.8 Å². The van der Waals surface area contributed by atoms with Crippen LogP contribution in [0.2, 0.25) is 0 Å². The first-order chi connectivity index (χ1) is 11.6. The lowest BCUT2D eigenvalue weighted by molar-refractivity contribution is -0.120. The Morgan fingerprint density at radius 1 is 1.29 bits per heavy atom. The van der Waals surface area contributed by atoms with E-state index in [9.17, 15) is 4.79 Å². The Bertz CT molecular complexity index is 831. The highest BCUT2D eigenvalue weighted by atomic mass is 32.2. The van der Waals surface area contributed by atoms with Crippen molar-refractivity contribution in [3.8, 4) is 0 Å². The summed E-state index contributed by atoms with van der Waals surface area (Å²) in [5.74, 6) is 0.0594. The van der Waals surface area contributed by atoms with E-state index in [0.717, 1.165) is 22.3 Å². The van der Waals surface area contributed by atoms with Gasteiger partial charge in [-0.05, 0) is 49.4 Å². The number of pyridine rings is 1. The number of aryl methyl sites for hydroxylation is 1. The fraction of sp³-hybridized carbons (Fsp3) is 0.263. The third kappa shape index (κ3) is 4.16. The first kappa shape index (κ1) is 17.0. The van der Waals surface area contributed by atoms with E-state index in [4.69, 9.17) is 0 Å². The van der Waals surface area contributed by atoms with Gasteiger partial charge in [0.05, 0.1) is 15.8 Å². The molecule has 3 nitrogen and oxygen atoms in total. The molecule has 0 fully saturated rings. The van der Waals surface area contributed by atoms with Gasteiger partial charge in [0.2, 0.25) is 5.91 Å². The molecule has 1 unspecified atom stereocenters. The molecule has 2 heterocycles. The number of fused-ring (bicyclic) bond motifs is 1. The molecule has 2 aromatic heterocycles. The summed E-state index contributed by atoms with van der Waals surface area (Å²) < 4.78 is 0. The second-order valence-electron chi connectivity index (χ2n) is 5.68. The third-order valence-electron chi connectivity index (χ3n) is 3.82. The molecule has 0 aliphatic carbocycles. The van der Waals surface area contributed by atoms with Gasteiger partial charge in [-0.25, -0.2) is 4.98 Å². The number of para-hydroxylation sites is 1. The summed E-state index contributed by atoms with van der Waals surface area (Å²) in [7, 11) is 0. The first-order valence-electron chi connectivity index (χ1n) is 7.96. The molecule has 0 spiro atoms. The second-order valence-corrected chi connectivity index (χ2v) is 8.07. The van der Waals surface area contributed by atoms with Crippen molar-refractivity contribution in [2.75, 3.05) is 6.54 Å². The van der Waals surface area contributed by atoms with Crippen LogP contribution in [-0.4, -0.2) is 22.7 Å². The molecule has 1 aromatic carbocycles. The first-order valence-corrected chi connectivity index (χ1v) is 9.72. The highest BCUT2D eigenvalue weighted by Gasteiger charge is 2.15. The molecule has 0 bridgehead atoms. The van der Waals surface area contributed by atoms with Gasteiger partial charge in [-0.3, -0.25) is 4.79 Å². The second kappa shape index (κ2) is 7.81. The van der Waals surface area contributed by atoms with Crippen molar-refractivity contribution in [1.29, 1.82) is 0 Å². The van der Waals surface area contributed by atoms with Crippen LogP contribution in [0.1, 0.15) is 17.4 Å². The van der Waals surface area contributed by atoms with Crippen molar-refractivity contribution in [3.05, 3.63) is 58.3 Å². The highest BCUT2D eigenvalue weighted by molar-refractivity contribution is 8.00. The van der Waals surface area contributed by atoms with E-state index in [2.05, 4.69) is 40.8 Å². The number of carbonyl (C=O) groups is 1. The van der Waals surface area contributed by atoms with E-state index in [-0.39, 0.29) is 11.2 Å². The summed E-state index contributed by atoms with van der Waals surface area (Å²) in [5.41, 5.74) is 2.17. The SMILES string of the molecule is Cc1cc(SC(C)C(=O)NCCc2cccs2)nc2ccccc12. The van der Waals surface area contributed by atoms with Crippen LogP contribution in [0.3, 0.4) is 0 Å². The summed E-state index contributed by atoms with van der Waals surface area (Å²) in [6, 6.07) is 14.3. The average molecular weight is 357 g/mol. The van der Waals surface area contributed by atoms with Gasteiger partial charge in [0.1, 0.15) is 0 Å². The molecule has 0 aliphatic rings. The summed E-state index contributed by atoms with van der Waals surface area (Å²) in [5, 5.41) is 6.96. The minimum absolute atomic E-state index is 0.0594. The number of rotatable bonds is 6. The molecule has 0 radical (unpaired) electrons. The van der Waals surface area contributed by atoms with Crippen molar-refractivity contribution in [1.82, 2.24) is 10.3 Å². The summed E-state index contributed by atoms with van der Waals surface area (Å²) in [4.78, 5) is 18.2. The maximum absolute atomic E-state index is 12.3. The smallest absolute Gasteiger partial charge is 0.233 e. The van der Waals surface area contributed by atoms with E-state index < -0.39 is 0 Å². The molecule has 5 heteroatoms. The van der Waals surface area contributed by atoms with Crippen LogP contribution in [-0.2, 0) is 11.2 Å². The predicted octanol–water partition coefficient (Wildman–Crippen LogP) is 4.44. The van der Waals surface area contributed by atoms with Crippen molar-refractivity contribution < 1.29 is 4.79 Å². The molecule has 24 heavy (non-hydrogen) atoms. The number of amides is 1. The zero-order valence-corrected chi connectivity index (χ0v) is 15.4. The number of nitrogens with one attached hydrogen (secondary N) is 1.